The number of hydrogen-bond donors (Lipinski definition) is 1. The van der Waals surface area contributed by atoms with Crippen molar-refractivity contribution in [1.29, 1.82) is 0 Å². The molecule has 2 aromatic rings. The molecule has 3 heteroatoms. The van der Waals surface area contributed by atoms with Crippen LogP contribution in [0.25, 0.3) is 11.1 Å². The van der Waals surface area contributed by atoms with E-state index in [0.29, 0.717) is 5.56 Å². The summed E-state index contributed by atoms with van der Waals surface area (Å²) in [6.07, 6.45) is -1.24. The molecule has 0 aromatic heterocycles. The van der Waals surface area contributed by atoms with Gasteiger partial charge in [0.15, 0.2) is 0 Å². The van der Waals surface area contributed by atoms with Crippen molar-refractivity contribution >= 4 is 5.97 Å². The molecule has 0 aliphatic carbocycles. The van der Waals surface area contributed by atoms with Crippen LogP contribution >= 0.6 is 0 Å². The second kappa shape index (κ2) is 5.67. The Morgan fingerprint density at radius 3 is 2.47 bits per heavy atom. The van der Waals surface area contributed by atoms with E-state index < -0.39 is 12.3 Å². The molecule has 2 aromatic carbocycles. The SMILES string of the molecule is CC(=O)OC(O)c1cc(C)ccc1-c1ccccc1. The van der Waals surface area contributed by atoms with Crippen LogP contribution in [-0.2, 0) is 9.53 Å². The highest BCUT2D eigenvalue weighted by Crippen LogP contribution is 2.29. The van der Waals surface area contributed by atoms with Crippen LogP contribution in [-0.4, -0.2) is 11.1 Å². The van der Waals surface area contributed by atoms with Crippen LogP contribution in [0, 0.1) is 6.92 Å². The van der Waals surface area contributed by atoms with Crippen LogP contribution in [0.4, 0.5) is 0 Å². The molecule has 1 unspecified atom stereocenters. The van der Waals surface area contributed by atoms with Gasteiger partial charge >= 0.3 is 5.97 Å². The van der Waals surface area contributed by atoms with Gasteiger partial charge in [-0.3, -0.25) is 4.79 Å². The van der Waals surface area contributed by atoms with Crippen LogP contribution in [0.2, 0.25) is 0 Å². The molecule has 0 fully saturated rings. The Labute approximate surface area is 112 Å². The van der Waals surface area contributed by atoms with Gasteiger partial charge in [-0.25, -0.2) is 0 Å². The van der Waals surface area contributed by atoms with Crippen LogP contribution in [0.1, 0.15) is 24.3 Å². The van der Waals surface area contributed by atoms with Crippen LogP contribution < -0.4 is 0 Å². The molecule has 0 saturated heterocycles. The fourth-order valence-corrected chi connectivity index (χ4v) is 1.99. The van der Waals surface area contributed by atoms with E-state index in [4.69, 9.17) is 4.74 Å². The molecule has 1 N–H and O–H groups in total. The summed E-state index contributed by atoms with van der Waals surface area (Å²) < 4.78 is 4.87. The largest absolute Gasteiger partial charge is 0.432 e. The van der Waals surface area contributed by atoms with E-state index in [1.807, 2.05) is 55.5 Å². The number of aliphatic hydroxyl groups is 1. The summed E-state index contributed by atoms with van der Waals surface area (Å²) in [7, 11) is 0. The molecule has 1 atom stereocenters. The van der Waals surface area contributed by atoms with Crippen LogP contribution in [0.15, 0.2) is 48.5 Å². The Morgan fingerprint density at radius 1 is 1.16 bits per heavy atom. The normalized spacial score (nSPS) is 11.9. The van der Waals surface area contributed by atoms with Gasteiger partial charge in [-0.15, -0.1) is 0 Å². The van der Waals surface area contributed by atoms with E-state index in [2.05, 4.69) is 0 Å². The lowest BCUT2D eigenvalue weighted by Crippen LogP contribution is -2.09. The third-order valence-corrected chi connectivity index (χ3v) is 2.84. The zero-order valence-electron chi connectivity index (χ0n) is 11.0. The molecular weight excluding hydrogens is 240 g/mol. The second-order valence-corrected chi connectivity index (χ2v) is 4.42. The minimum absolute atomic E-state index is 0.506. The van der Waals surface area contributed by atoms with Crippen molar-refractivity contribution in [3.8, 4) is 11.1 Å². The monoisotopic (exact) mass is 256 g/mol. The maximum atomic E-state index is 11.0. The topological polar surface area (TPSA) is 46.5 Å². The zero-order chi connectivity index (χ0) is 13.8. The number of hydrogen-bond acceptors (Lipinski definition) is 3. The third kappa shape index (κ3) is 3.20. The molecule has 0 heterocycles. The number of aliphatic hydroxyl groups excluding tert-OH is 1. The first-order valence-corrected chi connectivity index (χ1v) is 6.09. The van der Waals surface area contributed by atoms with Crippen LogP contribution in [0.5, 0.6) is 0 Å². The van der Waals surface area contributed by atoms with E-state index in [-0.39, 0.29) is 0 Å². The summed E-state index contributed by atoms with van der Waals surface area (Å²) in [6, 6.07) is 15.4. The number of esters is 1. The fraction of sp³-hybridized carbons (Fsp3) is 0.188. The lowest BCUT2D eigenvalue weighted by Gasteiger charge is -2.16. The standard InChI is InChI=1S/C16H16O3/c1-11-8-9-14(13-6-4-3-5-7-13)15(10-11)16(18)19-12(2)17/h3-10,16,18H,1-2H3. The van der Waals surface area contributed by atoms with Crippen molar-refractivity contribution in [3.05, 3.63) is 59.7 Å². The van der Waals surface area contributed by atoms with Gasteiger partial charge in [0.1, 0.15) is 0 Å². The summed E-state index contributed by atoms with van der Waals surface area (Å²) >= 11 is 0. The first-order chi connectivity index (χ1) is 9.08. The van der Waals surface area contributed by atoms with Crippen molar-refractivity contribution in [2.24, 2.45) is 0 Å². The first-order valence-electron chi connectivity index (χ1n) is 6.09. The number of carbonyl (C=O) groups is 1. The van der Waals surface area contributed by atoms with Gasteiger partial charge in [-0.2, -0.15) is 0 Å². The average Bonchev–Trinajstić information content (AvgIpc) is 2.39. The van der Waals surface area contributed by atoms with Gasteiger partial charge < -0.3 is 9.84 Å². The summed E-state index contributed by atoms with van der Waals surface area (Å²) in [5.74, 6) is -0.506. The molecule has 0 radical (unpaired) electrons. The molecule has 0 aliphatic heterocycles. The molecule has 0 saturated carbocycles. The Hall–Kier alpha value is -2.13. The lowest BCUT2D eigenvalue weighted by atomic mass is 9.97. The lowest BCUT2D eigenvalue weighted by molar-refractivity contribution is -0.166. The summed E-state index contributed by atoms with van der Waals surface area (Å²) in [5.41, 5.74) is 3.44. The molecule has 98 valence electrons. The molecular formula is C16H16O3. The van der Waals surface area contributed by atoms with Gasteiger partial charge in [0.05, 0.1) is 0 Å². The average molecular weight is 256 g/mol. The van der Waals surface area contributed by atoms with Crippen molar-refractivity contribution in [2.45, 2.75) is 20.1 Å². The quantitative estimate of drug-likeness (QED) is 0.677. The predicted molar refractivity (Wildman–Crippen MR) is 73.3 cm³/mol. The summed E-state index contributed by atoms with van der Waals surface area (Å²) in [4.78, 5) is 11.0. The Balaban J connectivity index is 2.47. The molecule has 0 aliphatic rings. The molecule has 2 rings (SSSR count). The highest BCUT2D eigenvalue weighted by atomic mass is 16.6. The van der Waals surface area contributed by atoms with E-state index >= 15 is 0 Å². The summed E-state index contributed by atoms with van der Waals surface area (Å²) in [6.45, 7) is 3.21. The molecule has 0 bridgehead atoms. The van der Waals surface area contributed by atoms with Crippen molar-refractivity contribution < 1.29 is 14.6 Å². The van der Waals surface area contributed by atoms with Gasteiger partial charge in [0.2, 0.25) is 6.29 Å². The minimum atomic E-state index is -1.24. The van der Waals surface area contributed by atoms with Gasteiger partial charge in [0, 0.05) is 12.5 Å². The Bertz CT molecular complexity index is 576. The summed E-state index contributed by atoms with van der Waals surface area (Å²) in [5, 5.41) is 10.0. The number of aryl methyl sites for hydroxylation is 1. The van der Waals surface area contributed by atoms with E-state index in [0.717, 1.165) is 16.7 Å². The Kier molecular flexibility index (Phi) is 3.97. The van der Waals surface area contributed by atoms with Crippen molar-refractivity contribution in [2.75, 3.05) is 0 Å². The third-order valence-electron chi connectivity index (χ3n) is 2.84. The highest BCUT2D eigenvalue weighted by molar-refractivity contribution is 5.70. The second-order valence-electron chi connectivity index (χ2n) is 4.42. The van der Waals surface area contributed by atoms with E-state index in [9.17, 15) is 9.90 Å². The van der Waals surface area contributed by atoms with Gasteiger partial charge in [-0.05, 0) is 24.1 Å². The number of rotatable bonds is 3. The molecule has 0 amide bonds. The van der Waals surface area contributed by atoms with Crippen LogP contribution in [0.3, 0.4) is 0 Å². The smallest absolute Gasteiger partial charge is 0.305 e. The molecule has 3 nitrogen and oxygen atoms in total. The maximum Gasteiger partial charge on any atom is 0.305 e. The first kappa shape index (κ1) is 13.3. The highest BCUT2D eigenvalue weighted by Gasteiger charge is 2.16. The predicted octanol–water partition coefficient (Wildman–Crippen LogP) is 3.22. The van der Waals surface area contributed by atoms with Crippen molar-refractivity contribution in [1.82, 2.24) is 0 Å². The zero-order valence-corrected chi connectivity index (χ0v) is 11.0. The van der Waals surface area contributed by atoms with Gasteiger partial charge in [-0.1, -0.05) is 48.0 Å². The number of benzene rings is 2. The maximum absolute atomic E-state index is 11.0. The molecule has 0 spiro atoms. The number of ether oxygens (including phenoxy) is 1. The Morgan fingerprint density at radius 2 is 1.84 bits per heavy atom. The van der Waals surface area contributed by atoms with Gasteiger partial charge in [0.25, 0.3) is 0 Å². The van der Waals surface area contributed by atoms with Crippen molar-refractivity contribution in [3.63, 3.8) is 0 Å². The fourth-order valence-electron chi connectivity index (χ4n) is 1.99. The molecule has 19 heavy (non-hydrogen) atoms. The number of carbonyl (C=O) groups excluding carboxylic acids is 1. The minimum Gasteiger partial charge on any atom is -0.432 e. The van der Waals surface area contributed by atoms with E-state index in [1.165, 1.54) is 6.92 Å². The van der Waals surface area contributed by atoms with E-state index in [1.54, 1.807) is 0 Å².